The lowest BCUT2D eigenvalue weighted by atomic mass is 9.78. The predicted molar refractivity (Wildman–Crippen MR) is 147 cm³/mol. The summed E-state index contributed by atoms with van der Waals surface area (Å²) in [5.74, 6) is 0.215. The number of carbonyl (C=O) groups excluding carboxylic acids is 1. The number of aliphatic hydroxyl groups excluding tert-OH is 1. The molecule has 1 aromatic heterocycles. The number of β-amino-alcohol motifs (C(OH)–C–C–N with tert-alkyl or cyclic N) is 1. The second-order valence-electron chi connectivity index (χ2n) is 10.7. The first-order valence-corrected chi connectivity index (χ1v) is 14.6. The Bertz CT molecular complexity index is 1420. The number of nitrogens with one attached hydrogen (secondary N) is 1. The number of nitrogens with zero attached hydrogens (tertiary/aromatic N) is 4. The molecular formula is C28H35N5O5S. The first-order valence-electron chi connectivity index (χ1n) is 13.1. The van der Waals surface area contributed by atoms with Crippen molar-refractivity contribution >= 4 is 15.9 Å². The van der Waals surface area contributed by atoms with Gasteiger partial charge in [0, 0.05) is 45.2 Å². The fourth-order valence-corrected chi connectivity index (χ4v) is 6.68. The van der Waals surface area contributed by atoms with E-state index in [9.17, 15) is 18.3 Å². The Balaban J connectivity index is 1.45. The van der Waals surface area contributed by atoms with Crippen LogP contribution in [0.25, 0.3) is 11.1 Å². The number of hydrogen-bond acceptors (Lipinski definition) is 7. The summed E-state index contributed by atoms with van der Waals surface area (Å²) in [4.78, 5) is 21.1. The van der Waals surface area contributed by atoms with E-state index in [1.165, 1.54) is 0 Å². The van der Waals surface area contributed by atoms with Gasteiger partial charge in [0.05, 0.1) is 25.2 Å². The maximum absolute atomic E-state index is 13.2. The fraction of sp³-hybridized carbons (Fsp3) is 0.429. The number of imidazole rings is 1. The zero-order chi connectivity index (χ0) is 27.6. The second-order valence-corrected chi connectivity index (χ2v) is 12.4. The maximum Gasteiger partial charge on any atom is 0.272 e. The molecule has 1 spiro atoms. The molecule has 0 bridgehead atoms. The molecule has 0 aliphatic carbocycles. The molecule has 2 N–H and O–H groups in total. The van der Waals surface area contributed by atoms with E-state index < -0.39 is 16.1 Å². The van der Waals surface area contributed by atoms with Crippen LogP contribution in [0.3, 0.4) is 0 Å². The highest BCUT2D eigenvalue weighted by Crippen LogP contribution is 2.37. The van der Waals surface area contributed by atoms with Gasteiger partial charge in [-0.05, 0) is 43.1 Å². The smallest absolute Gasteiger partial charge is 0.272 e. The predicted octanol–water partition coefficient (Wildman–Crippen LogP) is 1.97. The zero-order valence-electron chi connectivity index (χ0n) is 22.3. The van der Waals surface area contributed by atoms with Crippen molar-refractivity contribution in [2.45, 2.75) is 23.8 Å². The second kappa shape index (κ2) is 11.1. The summed E-state index contributed by atoms with van der Waals surface area (Å²) in [5, 5.41) is 10.6. The van der Waals surface area contributed by atoms with E-state index in [2.05, 4.69) is 9.71 Å². The van der Waals surface area contributed by atoms with Crippen LogP contribution in [0.2, 0.25) is 0 Å². The lowest BCUT2D eigenvalue weighted by Crippen LogP contribution is -2.51. The van der Waals surface area contributed by atoms with Gasteiger partial charge in [-0.1, -0.05) is 36.4 Å². The molecule has 0 saturated carbocycles. The lowest BCUT2D eigenvalue weighted by Gasteiger charge is -2.44. The van der Waals surface area contributed by atoms with Gasteiger partial charge in [0.25, 0.3) is 5.91 Å². The minimum Gasteiger partial charge on any atom is -0.492 e. The molecular weight excluding hydrogens is 518 g/mol. The summed E-state index contributed by atoms with van der Waals surface area (Å²) in [6, 6.07) is 14.8. The van der Waals surface area contributed by atoms with E-state index >= 15 is 0 Å². The Hall–Kier alpha value is -3.25. The van der Waals surface area contributed by atoms with Crippen molar-refractivity contribution in [3.05, 3.63) is 66.7 Å². The molecule has 208 valence electrons. The molecule has 1 amide bonds. The minimum absolute atomic E-state index is 0.0438. The Morgan fingerprint density at radius 1 is 1.10 bits per heavy atom. The van der Waals surface area contributed by atoms with Crippen LogP contribution < -0.4 is 9.46 Å². The third-order valence-electron chi connectivity index (χ3n) is 7.66. The maximum atomic E-state index is 13.2. The number of aryl methyl sites for hydroxylation is 1. The summed E-state index contributed by atoms with van der Waals surface area (Å²) in [5.41, 5.74) is 2.00. The molecule has 5 rings (SSSR count). The van der Waals surface area contributed by atoms with Crippen molar-refractivity contribution in [1.82, 2.24) is 24.1 Å². The molecule has 1 fully saturated rings. The fourth-order valence-electron chi connectivity index (χ4n) is 5.49. The molecule has 2 aliphatic rings. The number of benzene rings is 2. The average molecular weight is 554 g/mol. The number of aromatic nitrogens is 2. The van der Waals surface area contributed by atoms with Crippen LogP contribution in [-0.2, 0) is 17.1 Å². The van der Waals surface area contributed by atoms with Crippen LogP contribution in [0.4, 0.5) is 0 Å². The van der Waals surface area contributed by atoms with Crippen LogP contribution in [-0.4, -0.2) is 91.3 Å². The van der Waals surface area contributed by atoms with Crippen molar-refractivity contribution < 1.29 is 23.1 Å². The van der Waals surface area contributed by atoms with E-state index in [1.54, 1.807) is 42.3 Å². The third-order valence-corrected chi connectivity index (χ3v) is 9.12. The Kier molecular flexibility index (Phi) is 7.77. The Morgan fingerprint density at radius 2 is 1.85 bits per heavy atom. The van der Waals surface area contributed by atoms with Gasteiger partial charge < -0.3 is 24.2 Å². The van der Waals surface area contributed by atoms with Gasteiger partial charge in [-0.15, -0.1) is 0 Å². The molecule has 1 saturated heterocycles. The number of amides is 1. The lowest BCUT2D eigenvalue weighted by molar-refractivity contribution is 0.0156. The number of sulfonamides is 1. The quantitative estimate of drug-likeness (QED) is 0.498. The molecule has 3 heterocycles. The highest BCUT2D eigenvalue weighted by Gasteiger charge is 2.39. The monoisotopic (exact) mass is 553 g/mol. The van der Waals surface area contributed by atoms with Crippen LogP contribution >= 0.6 is 0 Å². The van der Waals surface area contributed by atoms with E-state index in [-0.39, 0.29) is 35.1 Å². The molecule has 1 atom stereocenters. The van der Waals surface area contributed by atoms with Gasteiger partial charge in [-0.25, -0.2) is 18.1 Å². The van der Waals surface area contributed by atoms with Crippen LogP contribution in [0.5, 0.6) is 5.75 Å². The minimum atomic E-state index is -3.92. The van der Waals surface area contributed by atoms with Crippen molar-refractivity contribution in [1.29, 1.82) is 0 Å². The molecule has 2 aliphatic heterocycles. The normalized spacial score (nSPS) is 21.8. The highest BCUT2D eigenvalue weighted by atomic mass is 32.2. The Labute approximate surface area is 229 Å². The number of rotatable bonds is 2. The third kappa shape index (κ3) is 6.01. The molecule has 3 aromatic rings. The number of hydrogen-bond donors (Lipinski definition) is 2. The molecule has 39 heavy (non-hydrogen) atoms. The van der Waals surface area contributed by atoms with Crippen molar-refractivity contribution in [3.63, 3.8) is 0 Å². The highest BCUT2D eigenvalue weighted by molar-refractivity contribution is 7.89. The summed E-state index contributed by atoms with van der Waals surface area (Å²) in [6.07, 6.45) is 3.67. The first-order chi connectivity index (χ1) is 18.7. The number of fused-ring (bicyclic) bond motifs is 1. The van der Waals surface area contributed by atoms with Crippen LogP contribution in [0.1, 0.15) is 23.3 Å². The number of likely N-dealkylation sites (tertiary alicyclic amines) is 1. The summed E-state index contributed by atoms with van der Waals surface area (Å²) < 4.78 is 37.1. The van der Waals surface area contributed by atoms with Crippen molar-refractivity contribution in [2.24, 2.45) is 12.5 Å². The molecule has 2 aromatic carbocycles. The van der Waals surface area contributed by atoms with E-state index in [0.29, 0.717) is 44.7 Å². The standard InChI is InChI=1S/C28H35N5O5S/c1-31-17-23(34)15-30-39(36,37)26-9-8-22(21-6-4-3-5-7-21)14-25(26)38-19-28(18-31)10-12-33(13-11-28)27(35)24-16-29-20-32(24)2/h3-9,14,16,20,23,30,34H,10-13,15,17-19H2,1-2H3. The van der Waals surface area contributed by atoms with Crippen LogP contribution in [0, 0.1) is 5.41 Å². The number of likely N-dealkylation sites (N-methyl/N-ethyl adjacent to an activating group) is 1. The summed E-state index contributed by atoms with van der Waals surface area (Å²) in [6.45, 7) is 2.20. The van der Waals surface area contributed by atoms with Crippen molar-refractivity contribution in [3.8, 4) is 16.9 Å². The van der Waals surface area contributed by atoms with Gasteiger partial charge >= 0.3 is 0 Å². The van der Waals surface area contributed by atoms with Gasteiger partial charge in [0.2, 0.25) is 10.0 Å². The number of piperidine rings is 1. The van der Waals surface area contributed by atoms with E-state index in [1.807, 2.05) is 47.2 Å². The van der Waals surface area contributed by atoms with Crippen LogP contribution in [0.15, 0.2) is 66.0 Å². The van der Waals surface area contributed by atoms with E-state index in [0.717, 1.165) is 11.1 Å². The van der Waals surface area contributed by atoms with Gasteiger partial charge in [0.15, 0.2) is 0 Å². The molecule has 1 unspecified atom stereocenters. The molecule has 10 nitrogen and oxygen atoms in total. The average Bonchev–Trinajstić information content (AvgIpc) is 3.36. The number of carbonyl (C=O) groups is 1. The van der Waals surface area contributed by atoms with Gasteiger partial charge in [0.1, 0.15) is 16.3 Å². The van der Waals surface area contributed by atoms with Gasteiger partial charge in [-0.3, -0.25) is 4.79 Å². The summed E-state index contributed by atoms with van der Waals surface area (Å²) in [7, 11) is -0.206. The zero-order valence-corrected chi connectivity index (χ0v) is 23.1. The molecule has 11 heteroatoms. The molecule has 0 radical (unpaired) electrons. The number of ether oxygens (including phenoxy) is 1. The summed E-state index contributed by atoms with van der Waals surface area (Å²) >= 11 is 0. The van der Waals surface area contributed by atoms with Gasteiger partial charge in [-0.2, -0.15) is 0 Å². The Morgan fingerprint density at radius 3 is 2.54 bits per heavy atom. The number of aliphatic hydroxyl groups is 1. The van der Waals surface area contributed by atoms with Crippen molar-refractivity contribution in [2.75, 3.05) is 46.4 Å². The SMILES string of the molecule is CN1CC(O)CNS(=O)(=O)c2ccc(-c3ccccc3)cc2OCC2(CCN(C(=O)c3cncn3C)CC2)C1. The topological polar surface area (TPSA) is 117 Å². The largest absolute Gasteiger partial charge is 0.492 e. The van der Waals surface area contributed by atoms with E-state index in [4.69, 9.17) is 4.74 Å². The first kappa shape index (κ1) is 27.3.